The van der Waals surface area contributed by atoms with Crippen molar-refractivity contribution in [2.45, 2.75) is 13.3 Å². The molecule has 0 radical (unpaired) electrons. The molecule has 0 spiro atoms. The number of para-hydroxylation sites is 1. The standard InChI is InChI=1S/C24H23N3O5/c1-15-10-24(30)32-21-11-17(6-7-18(15)21)31-14-23(29)27-13-22(28)25-9-8-16-12-26-20-5-3-2-4-19(16)20/h2-7,10-12,26H,8-9,13-14H2,1H3,(H,25,28)(H,27,29). The van der Waals surface area contributed by atoms with Crippen molar-refractivity contribution in [3.05, 3.63) is 76.3 Å². The molecular formula is C24H23N3O5. The first-order chi connectivity index (χ1) is 15.5. The number of aromatic amines is 1. The Morgan fingerprint density at radius 1 is 1.03 bits per heavy atom. The third kappa shape index (κ3) is 4.97. The van der Waals surface area contributed by atoms with Crippen molar-refractivity contribution in [2.75, 3.05) is 19.7 Å². The molecule has 4 aromatic rings. The molecule has 2 aromatic carbocycles. The number of rotatable bonds is 8. The smallest absolute Gasteiger partial charge is 0.336 e. The monoisotopic (exact) mass is 433 g/mol. The van der Waals surface area contributed by atoms with Gasteiger partial charge in [-0.2, -0.15) is 0 Å². The van der Waals surface area contributed by atoms with Gasteiger partial charge in [0.15, 0.2) is 6.61 Å². The molecule has 0 bridgehead atoms. The van der Waals surface area contributed by atoms with Crippen molar-refractivity contribution in [1.29, 1.82) is 0 Å². The predicted molar refractivity (Wildman–Crippen MR) is 121 cm³/mol. The lowest BCUT2D eigenvalue weighted by atomic mass is 10.1. The second-order valence-corrected chi connectivity index (χ2v) is 7.43. The van der Waals surface area contributed by atoms with Crippen molar-refractivity contribution in [3.63, 3.8) is 0 Å². The maximum Gasteiger partial charge on any atom is 0.336 e. The number of ether oxygens (including phenoxy) is 1. The van der Waals surface area contributed by atoms with Crippen LogP contribution in [0.2, 0.25) is 0 Å². The number of aryl methyl sites for hydroxylation is 1. The minimum Gasteiger partial charge on any atom is -0.484 e. The molecule has 0 unspecified atom stereocenters. The van der Waals surface area contributed by atoms with E-state index in [4.69, 9.17) is 9.15 Å². The van der Waals surface area contributed by atoms with E-state index in [1.165, 1.54) is 6.07 Å². The van der Waals surface area contributed by atoms with Gasteiger partial charge in [-0.15, -0.1) is 0 Å². The highest BCUT2D eigenvalue weighted by molar-refractivity contribution is 5.86. The largest absolute Gasteiger partial charge is 0.484 e. The van der Waals surface area contributed by atoms with E-state index in [1.807, 2.05) is 37.4 Å². The van der Waals surface area contributed by atoms with Crippen LogP contribution in [0.25, 0.3) is 21.9 Å². The van der Waals surface area contributed by atoms with Crippen molar-refractivity contribution < 1.29 is 18.7 Å². The molecule has 2 amide bonds. The molecule has 4 rings (SSSR count). The van der Waals surface area contributed by atoms with Gasteiger partial charge < -0.3 is 24.8 Å². The second kappa shape index (κ2) is 9.38. The summed E-state index contributed by atoms with van der Waals surface area (Å²) in [6.07, 6.45) is 2.62. The number of amides is 2. The first-order valence-corrected chi connectivity index (χ1v) is 10.3. The summed E-state index contributed by atoms with van der Waals surface area (Å²) in [5.74, 6) is -0.312. The maximum absolute atomic E-state index is 12.0. The molecule has 8 nitrogen and oxygen atoms in total. The Hall–Kier alpha value is -4.07. The van der Waals surface area contributed by atoms with E-state index in [-0.39, 0.29) is 19.1 Å². The van der Waals surface area contributed by atoms with Crippen LogP contribution in [0.1, 0.15) is 11.1 Å². The quantitative estimate of drug-likeness (QED) is 0.370. The maximum atomic E-state index is 12.0. The zero-order valence-electron chi connectivity index (χ0n) is 17.6. The summed E-state index contributed by atoms with van der Waals surface area (Å²) >= 11 is 0. The molecule has 0 saturated heterocycles. The lowest BCUT2D eigenvalue weighted by molar-refractivity contribution is -0.127. The highest BCUT2D eigenvalue weighted by Gasteiger charge is 2.09. The van der Waals surface area contributed by atoms with Crippen LogP contribution in [0.15, 0.2) is 63.9 Å². The Morgan fingerprint density at radius 2 is 1.88 bits per heavy atom. The molecule has 164 valence electrons. The van der Waals surface area contributed by atoms with Gasteiger partial charge in [0.2, 0.25) is 5.91 Å². The van der Waals surface area contributed by atoms with Gasteiger partial charge in [0.05, 0.1) is 6.54 Å². The minimum atomic E-state index is -0.444. The summed E-state index contributed by atoms with van der Waals surface area (Å²) in [4.78, 5) is 38.7. The molecule has 3 N–H and O–H groups in total. The van der Waals surface area contributed by atoms with E-state index in [9.17, 15) is 14.4 Å². The number of benzene rings is 2. The SMILES string of the molecule is Cc1cc(=O)oc2cc(OCC(=O)NCC(=O)NCCc3c[nH]c4ccccc34)ccc12. The lowest BCUT2D eigenvalue weighted by Crippen LogP contribution is -2.39. The molecule has 8 heteroatoms. The fourth-order valence-electron chi connectivity index (χ4n) is 3.51. The van der Waals surface area contributed by atoms with Crippen LogP contribution in [0.3, 0.4) is 0 Å². The average molecular weight is 433 g/mol. The van der Waals surface area contributed by atoms with Gasteiger partial charge in [0.1, 0.15) is 11.3 Å². The number of hydrogen-bond acceptors (Lipinski definition) is 5. The summed E-state index contributed by atoms with van der Waals surface area (Å²) in [5, 5.41) is 7.25. The summed E-state index contributed by atoms with van der Waals surface area (Å²) < 4.78 is 10.6. The zero-order chi connectivity index (χ0) is 22.5. The van der Waals surface area contributed by atoms with Gasteiger partial charge in [-0.25, -0.2) is 4.79 Å². The lowest BCUT2D eigenvalue weighted by Gasteiger charge is -2.09. The van der Waals surface area contributed by atoms with Crippen molar-refractivity contribution in [1.82, 2.24) is 15.6 Å². The van der Waals surface area contributed by atoms with Crippen LogP contribution in [0.4, 0.5) is 0 Å². The molecule has 0 atom stereocenters. The fourth-order valence-corrected chi connectivity index (χ4v) is 3.51. The third-order valence-corrected chi connectivity index (χ3v) is 5.13. The molecule has 32 heavy (non-hydrogen) atoms. The Balaban J connectivity index is 1.20. The van der Waals surface area contributed by atoms with Crippen LogP contribution in [-0.4, -0.2) is 36.5 Å². The van der Waals surface area contributed by atoms with E-state index in [0.717, 1.165) is 27.4 Å². The molecule has 0 aliphatic heterocycles. The predicted octanol–water partition coefficient (Wildman–Crippen LogP) is 2.44. The number of H-pyrrole nitrogens is 1. The fraction of sp³-hybridized carbons (Fsp3) is 0.208. The topological polar surface area (TPSA) is 113 Å². The number of fused-ring (bicyclic) bond motifs is 2. The number of carbonyl (C=O) groups excluding carboxylic acids is 2. The number of hydrogen-bond donors (Lipinski definition) is 3. The van der Waals surface area contributed by atoms with Gasteiger partial charge in [0.25, 0.3) is 5.91 Å². The normalized spacial score (nSPS) is 10.9. The van der Waals surface area contributed by atoms with Crippen molar-refractivity contribution >= 4 is 33.7 Å². The van der Waals surface area contributed by atoms with Gasteiger partial charge in [-0.1, -0.05) is 18.2 Å². The van der Waals surface area contributed by atoms with Crippen molar-refractivity contribution in [3.8, 4) is 5.75 Å². The molecule has 2 heterocycles. The molecule has 0 aliphatic carbocycles. The summed E-state index contributed by atoms with van der Waals surface area (Å²) in [7, 11) is 0. The molecule has 2 aromatic heterocycles. The molecule has 0 fully saturated rings. The highest BCUT2D eigenvalue weighted by Crippen LogP contribution is 2.22. The highest BCUT2D eigenvalue weighted by atomic mass is 16.5. The Kier molecular flexibility index (Phi) is 6.21. The van der Waals surface area contributed by atoms with Gasteiger partial charge in [-0.05, 0) is 42.7 Å². The first kappa shape index (κ1) is 21.2. The van der Waals surface area contributed by atoms with Gasteiger partial charge in [-0.3, -0.25) is 9.59 Å². The summed E-state index contributed by atoms with van der Waals surface area (Å²) in [6, 6.07) is 14.4. The van der Waals surface area contributed by atoms with E-state index < -0.39 is 11.5 Å². The van der Waals surface area contributed by atoms with Crippen LogP contribution in [0.5, 0.6) is 5.75 Å². The second-order valence-electron chi connectivity index (χ2n) is 7.43. The van der Waals surface area contributed by atoms with Gasteiger partial charge in [0, 0.05) is 41.2 Å². The van der Waals surface area contributed by atoms with E-state index in [2.05, 4.69) is 15.6 Å². The molecule has 0 saturated carbocycles. The number of carbonyl (C=O) groups is 2. The van der Waals surface area contributed by atoms with Crippen LogP contribution in [0, 0.1) is 6.92 Å². The Labute approximate surface area is 183 Å². The van der Waals surface area contributed by atoms with Gasteiger partial charge >= 0.3 is 5.63 Å². The molecule has 0 aliphatic rings. The number of nitrogens with one attached hydrogen (secondary N) is 3. The average Bonchev–Trinajstić information content (AvgIpc) is 3.19. The Bertz CT molecular complexity index is 1340. The van der Waals surface area contributed by atoms with E-state index >= 15 is 0 Å². The van der Waals surface area contributed by atoms with Crippen LogP contribution < -0.4 is 21.0 Å². The van der Waals surface area contributed by atoms with Crippen LogP contribution in [-0.2, 0) is 16.0 Å². The van der Waals surface area contributed by atoms with Crippen molar-refractivity contribution in [2.24, 2.45) is 0 Å². The summed E-state index contributed by atoms with van der Waals surface area (Å²) in [5.41, 5.74) is 2.93. The Morgan fingerprint density at radius 3 is 2.75 bits per heavy atom. The number of aromatic nitrogens is 1. The minimum absolute atomic E-state index is 0.137. The van der Waals surface area contributed by atoms with Crippen LogP contribution >= 0.6 is 0 Å². The summed E-state index contributed by atoms with van der Waals surface area (Å²) in [6.45, 7) is 1.89. The zero-order valence-corrected chi connectivity index (χ0v) is 17.6. The van der Waals surface area contributed by atoms with E-state index in [0.29, 0.717) is 24.3 Å². The first-order valence-electron chi connectivity index (χ1n) is 10.3. The third-order valence-electron chi connectivity index (χ3n) is 5.13. The van der Waals surface area contributed by atoms with E-state index in [1.54, 1.807) is 18.2 Å². The molecular weight excluding hydrogens is 410 g/mol.